The van der Waals surface area contributed by atoms with Gasteiger partial charge < -0.3 is 20.5 Å². The van der Waals surface area contributed by atoms with Crippen LogP contribution in [0.15, 0.2) is 48.5 Å². The molecule has 7 heteroatoms. The maximum atomic E-state index is 12.6. The van der Waals surface area contributed by atoms with Gasteiger partial charge in [-0.05, 0) is 60.8 Å². The van der Waals surface area contributed by atoms with E-state index in [9.17, 15) is 14.4 Å². The van der Waals surface area contributed by atoms with E-state index in [-0.39, 0.29) is 36.8 Å². The first-order chi connectivity index (χ1) is 16.4. The lowest BCUT2D eigenvalue weighted by molar-refractivity contribution is -0.138. The topological polar surface area (TPSA) is 105 Å². The van der Waals surface area contributed by atoms with Gasteiger partial charge in [-0.25, -0.2) is 4.79 Å². The van der Waals surface area contributed by atoms with E-state index in [4.69, 9.17) is 9.84 Å². The minimum absolute atomic E-state index is 0.0164. The highest BCUT2D eigenvalue weighted by Crippen LogP contribution is 2.44. The summed E-state index contributed by atoms with van der Waals surface area (Å²) in [4.78, 5) is 36.2. The lowest BCUT2D eigenvalue weighted by Gasteiger charge is -2.29. The van der Waals surface area contributed by atoms with Crippen LogP contribution < -0.4 is 10.6 Å². The zero-order valence-electron chi connectivity index (χ0n) is 19.1. The summed E-state index contributed by atoms with van der Waals surface area (Å²) in [7, 11) is 0. The summed E-state index contributed by atoms with van der Waals surface area (Å²) in [6.45, 7) is 0.281. The standard InChI is InChI=1S/C27H30N2O5/c30-24(31)15-27(13-14-27)29-25(32)17-9-11-18(12-10-17)28-26(33)34-16-23-21-7-3-1-5-19(21)20-6-2-4-8-22(20)23/h1-8,17-18,23H,9-16H2,(H,28,33)(H,29,32)(H,30,31). The predicted octanol–water partition coefficient (Wildman–Crippen LogP) is 4.21. The number of hydrogen-bond donors (Lipinski definition) is 3. The second-order valence-corrected chi connectivity index (χ2v) is 9.86. The number of carboxylic acid groups (broad SMARTS) is 1. The number of benzene rings is 2. The molecule has 0 unspecified atom stereocenters. The third-order valence-electron chi connectivity index (χ3n) is 7.50. The van der Waals surface area contributed by atoms with Gasteiger partial charge >= 0.3 is 12.1 Å². The van der Waals surface area contributed by atoms with Crippen LogP contribution >= 0.6 is 0 Å². The molecule has 2 fully saturated rings. The number of nitrogens with one attached hydrogen (secondary N) is 2. The molecule has 0 atom stereocenters. The highest BCUT2D eigenvalue weighted by Gasteiger charge is 2.46. The van der Waals surface area contributed by atoms with Gasteiger partial charge in [0.05, 0.1) is 12.0 Å². The number of carboxylic acids is 1. The van der Waals surface area contributed by atoms with Crippen LogP contribution in [0.5, 0.6) is 0 Å². The Bertz CT molecular complexity index is 1060. The summed E-state index contributed by atoms with van der Waals surface area (Å²) < 4.78 is 5.64. The molecule has 3 N–H and O–H groups in total. The molecular weight excluding hydrogens is 432 g/mol. The number of carbonyl (C=O) groups excluding carboxylic acids is 2. The average molecular weight is 463 g/mol. The van der Waals surface area contributed by atoms with E-state index in [1.54, 1.807) is 0 Å². The molecule has 0 bridgehead atoms. The number of rotatable bonds is 7. The zero-order valence-corrected chi connectivity index (χ0v) is 19.1. The van der Waals surface area contributed by atoms with E-state index in [2.05, 4.69) is 34.9 Å². The second kappa shape index (κ2) is 9.12. The average Bonchev–Trinajstić information content (AvgIpc) is 3.49. The maximum Gasteiger partial charge on any atom is 0.407 e. The van der Waals surface area contributed by atoms with Crippen LogP contribution in [-0.2, 0) is 14.3 Å². The van der Waals surface area contributed by atoms with E-state index < -0.39 is 17.6 Å². The van der Waals surface area contributed by atoms with Crippen LogP contribution in [0.2, 0.25) is 0 Å². The SMILES string of the molecule is O=C(O)CC1(NC(=O)C2CCC(NC(=O)OCC3c4ccccc4-c4ccccc43)CC2)CC1. The maximum absolute atomic E-state index is 12.6. The number of alkyl carbamates (subject to hydrolysis) is 1. The fraction of sp³-hybridized carbons (Fsp3) is 0.444. The summed E-state index contributed by atoms with van der Waals surface area (Å²) in [6.07, 6.45) is 3.76. The molecule has 0 radical (unpaired) electrons. The van der Waals surface area contributed by atoms with Crippen LogP contribution in [0.4, 0.5) is 4.79 Å². The molecule has 5 rings (SSSR count). The van der Waals surface area contributed by atoms with Crippen LogP contribution in [0, 0.1) is 5.92 Å². The molecule has 2 aromatic rings. The minimum Gasteiger partial charge on any atom is -0.481 e. The Morgan fingerprint density at radius 3 is 2.06 bits per heavy atom. The van der Waals surface area contributed by atoms with E-state index in [0.717, 1.165) is 12.8 Å². The largest absolute Gasteiger partial charge is 0.481 e. The molecule has 2 saturated carbocycles. The molecule has 3 aliphatic rings. The van der Waals surface area contributed by atoms with E-state index in [1.807, 2.05) is 24.3 Å². The summed E-state index contributed by atoms with van der Waals surface area (Å²) in [6, 6.07) is 16.5. The summed E-state index contributed by atoms with van der Waals surface area (Å²) in [5, 5.41) is 15.0. The normalized spacial score (nSPS) is 22.2. The smallest absolute Gasteiger partial charge is 0.407 e. The summed E-state index contributed by atoms with van der Waals surface area (Å²) >= 11 is 0. The van der Waals surface area contributed by atoms with Gasteiger partial charge in [0.15, 0.2) is 0 Å². The summed E-state index contributed by atoms with van der Waals surface area (Å²) in [5.74, 6) is -1.04. The molecule has 0 heterocycles. The van der Waals surface area contributed by atoms with E-state index >= 15 is 0 Å². The third kappa shape index (κ3) is 4.65. The molecule has 178 valence electrons. The Hall–Kier alpha value is -3.35. The summed E-state index contributed by atoms with van der Waals surface area (Å²) in [5.41, 5.74) is 4.21. The van der Waals surface area contributed by atoms with Crippen molar-refractivity contribution in [2.24, 2.45) is 5.92 Å². The number of ether oxygens (including phenoxy) is 1. The number of aliphatic carboxylic acids is 1. The van der Waals surface area contributed by atoms with E-state index in [0.29, 0.717) is 25.7 Å². The van der Waals surface area contributed by atoms with Gasteiger partial charge in [-0.15, -0.1) is 0 Å². The number of fused-ring (bicyclic) bond motifs is 3. The van der Waals surface area contributed by atoms with Crippen molar-refractivity contribution >= 4 is 18.0 Å². The van der Waals surface area contributed by atoms with Gasteiger partial charge in [-0.2, -0.15) is 0 Å². The highest BCUT2D eigenvalue weighted by molar-refractivity contribution is 5.81. The fourth-order valence-corrected chi connectivity index (χ4v) is 5.46. The van der Waals surface area contributed by atoms with Gasteiger partial charge in [0.2, 0.25) is 5.91 Å². The van der Waals surface area contributed by atoms with Crippen LogP contribution in [-0.4, -0.2) is 41.3 Å². The molecule has 34 heavy (non-hydrogen) atoms. The van der Waals surface area contributed by atoms with Crippen molar-refractivity contribution < 1.29 is 24.2 Å². The van der Waals surface area contributed by atoms with Gasteiger partial charge in [0.1, 0.15) is 6.61 Å². The van der Waals surface area contributed by atoms with E-state index in [1.165, 1.54) is 22.3 Å². The molecule has 0 spiro atoms. The molecule has 2 amide bonds. The molecule has 2 aromatic carbocycles. The molecule has 7 nitrogen and oxygen atoms in total. The van der Waals surface area contributed by atoms with Crippen LogP contribution in [0.3, 0.4) is 0 Å². The zero-order chi connectivity index (χ0) is 23.7. The van der Waals surface area contributed by atoms with Crippen LogP contribution in [0.25, 0.3) is 11.1 Å². The van der Waals surface area contributed by atoms with Gasteiger partial charge in [-0.1, -0.05) is 48.5 Å². The Kier molecular flexibility index (Phi) is 6.02. The Labute approximate surface area is 198 Å². The van der Waals surface area contributed by atoms with Crippen molar-refractivity contribution in [2.75, 3.05) is 6.61 Å². The van der Waals surface area contributed by atoms with Crippen molar-refractivity contribution in [3.8, 4) is 11.1 Å². The van der Waals surface area contributed by atoms with Crippen molar-refractivity contribution in [1.82, 2.24) is 10.6 Å². The molecule has 3 aliphatic carbocycles. The minimum atomic E-state index is -0.881. The highest BCUT2D eigenvalue weighted by atomic mass is 16.5. The third-order valence-corrected chi connectivity index (χ3v) is 7.50. The quantitative estimate of drug-likeness (QED) is 0.572. The Morgan fingerprint density at radius 2 is 1.50 bits per heavy atom. The van der Waals surface area contributed by atoms with Gasteiger partial charge in [-0.3, -0.25) is 9.59 Å². The van der Waals surface area contributed by atoms with Crippen molar-refractivity contribution in [2.45, 2.75) is 62.4 Å². The second-order valence-electron chi connectivity index (χ2n) is 9.86. The molecule has 0 aliphatic heterocycles. The van der Waals surface area contributed by atoms with Crippen molar-refractivity contribution in [1.29, 1.82) is 0 Å². The molecular formula is C27H30N2O5. The van der Waals surface area contributed by atoms with Gasteiger partial charge in [0.25, 0.3) is 0 Å². The Balaban J connectivity index is 1.10. The first kappa shape index (κ1) is 22.4. The predicted molar refractivity (Wildman–Crippen MR) is 126 cm³/mol. The molecule has 0 aromatic heterocycles. The number of amides is 2. The molecule has 0 saturated heterocycles. The lowest BCUT2D eigenvalue weighted by atomic mass is 9.85. The monoisotopic (exact) mass is 462 g/mol. The fourth-order valence-electron chi connectivity index (χ4n) is 5.46. The first-order valence-corrected chi connectivity index (χ1v) is 12.1. The van der Waals surface area contributed by atoms with Crippen LogP contribution in [0.1, 0.15) is 62.0 Å². The lowest BCUT2D eigenvalue weighted by Crippen LogP contribution is -2.45. The van der Waals surface area contributed by atoms with Crippen molar-refractivity contribution in [3.63, 3.8) is 0 Å². The van der Waals surface area contributed by atoms with Crippen molar-refractivity contribution in [3.05, 3.63) is 59.7 Å². The number of carbonyl (C=O) groups is 3. The number of hydrogen-bond acceptors (Lipinski definition) is 4. The first-order valence-electron chi connectivity index (χ1n) is 12.1. The Morgan fingerprint density at radius 1 is 0.912 bits per heavy atom. The van der Waals surface area contributed by atoms with Gasteiger partial charge in [0, 0.05) is 17.9 Å².